The van der Waals surface area contributed by atoms with Crippen molar-refractivity contribution in [2.75, 3.05) is 6.54 Å². The van der Waals surface area contributed by atoms with Crippen LogP contribution < -0.4 is 5.73 Å². The Kier molecular flexibility index (Phi) is 3.35. The van der Waals surface area contributed by atoms with Gasteiger partial charge in [-0.1, -0.05) is 11.6 Å². The van der Waals surface area contributed by atoms with E-state index in [0.717, 1.165) is 15.6 Å². The number of carbonyl (C=O) groups is 2. The number of nitrogens with two attached hydrogens (primary N) is 1. The number of carbonyl (C=O) groups excluding carboxylic acids is 2. The van der Waals surface area contributed by atoms with Gasteiger partial charge in [-0.3, -0.25) is 9.59 Å². The number of hydrogen-bond acceptors (Lipinski definition) is 4. The quantitative estimate of drug-likeness (QED) is 0.693. The third kappa shape index (κ3) is 2.14. The molecule has 0 radical (unpaired) electrons. The molecule has 0 unspecified atom stereocenters. The van der Waals surface area contributed by atoms with Crippen LogP contribution in [0.4, 0.5) is 0 Å². The Labute approximate surface area is 124 Å². The van der Waals surface area contributed by atoms with Crippen molar-refractivity contribution in [1.29, 1.82) is 0 Å². The molecular formula is C13H12ClN3O2S. The highest BCUT2D eigenvalue weighted by Crippen LogP contribution is 2.32. The summed E-state index contributed by atoms with van der Waals surface area (Å²) in [5.74, 6) is -1.43. The second kappa shape index (κ2) is 5.03. The lowest BCUT2D eigenvalue weighted by Crippen LogP contribution is -2.33. The standard InChI is InChI=1S/C13H12ClN3O2S/c14-11-10-7(6-20-9(10)1-3-16-11)5-17-4-2-8(12(15)18)13(17)19/h1,3,6,8H,2,4-5H2,(H2,15,18)/t8-/m0/s1. The van der Waals surface area contributed by atoms with Crippen LogP contribution in [-0.4, -0.2) is 28.2 Å². The molecule has 1 aliphatic rings. The minimum Gasteiger partial charge on any atom is -0.369 e. The van der Waals surface area contributed by atoms with Gasteiger partial charge < -0.3 is 10.6 Å². The number of rotatable bonds is 3. The molecule has 0 aliphatic carbocycles. The van der Waals surface area contributed by atoms with Crippen molar-refractivity contribution in [1.82, 2.24) is 9.88 Å². The van der Waals surface area contributed by atoms with Crippen LogP contribution in [0.1, 0.15) is 12.0 Å². The zero-order valence-corrected chi connectivity index (χ0v) is 12.1. The van der Waals surface area contributed by atoms with Crippen LogP contribution in [-0.2, 0) is 16.1 Å². The molecule has 1 atom stereocenters. The van der Waals surface area contributed by atoms with Gasteiger partial charge in [0.2, 0.25) is 11.8 Å². The van der Waals surface area contributed by atoms with E-state index in [2.05, 4.69) is 4.98 Å². The van der Waals surface area contributed by atoms with E-state index in [1.807, 2.05) is 11.4 Å². The molecule has 2 amide bonds. The van der Waals surface area contributed by atoms with Crippen molar-refractivity contribution in [3.63, 3.8) is 0 Å². The molecule has 2 aromatic rings. The Morgan fingerprint density at radius 1 is 1.60 bits per heavy atom. The van der Waals surface area contributed by atoms with E-state index in [4.69, 9.17) is 17.3 Å². The molecular weight excluding hydrogens is 298 g/mol. The van der Waals surface area contributed by atoms with Gasteiger partial charge in [0.25, 0.3) is 0 Å². The molecule has 1 aliphatic heterocycles. The number of pyridine rings is 1. The van der Waals surface area contributed by atoms with E-state index < -0.39 is 11.8 Å². The number of aromatic nitrogens is 1. The van der Waals surface area contributed by atoms with Crippen molar-refractivity contribution >= 4 is 44.8 Å². The second-order valence-corrected chi connectivity index (χ2v) is 6.01. The van der Waals surface area contributed by atoms with E-state index in [1.165, 1.54) is 0 Å². The summed E-state index contributed by atoms with van der Waals surface area (Å²) in [7, 11) is 0. The number of thiophene rings is 1. The minimum atomic E-state index is -0.687. The van der Waals surface area contributed by atoms with Crippen LogP contribution in [0.3, 0.4) is 0 Å². The fourth-order valence-corrected chi connectivity index (χ4v) is 3.77. The van der Waals surface area contributed by atoms with Gasteiger partial charge >= 0.3 is 0 Å². The molecule has 0 aromatic carbocycles. The van der Waals surface area contributed by atoms with Crippen LogP contribution in [0.25, 0.3) is 10.1 Å². The largest absolute Gasteiger partial charge is 0.369 e. The molecule has 0 saturated carbocycles. The first-order valence-corrected chi connectivity index (χ1v) is 7.42. The molecule has 0 spiro atoms. The summed E-state index contributed by atoms with van der Waals surface area (Å²) < 4.78 is 1.04. The summed E-state index contributed by atoms with van der Waals surface area (Å²) in [5, 5.41) is 3.30. The van der Waals surface area contributed by atoms with E-state index in [-0.39, 0.29) is 5.91 Å². The number of nitrogens with zero attached hydrogens (tertiary/aromatic N) is 2. The molecule has 2 aromatic heterocycles. The molecule has 1 fully saturated rings. The van der Waals surface area contributed by atoms with Gasteiger partial charge in [-0.15, -0.1) is 11.3 Å². The topological polar surface area (TPSA) is 76.3 Å². The predicted molar refractivity (Wildman–Crippen MR) is 77.3 cm³/mol. The van der Waals surface area contributed by atoms with Crippen LogP contribution in [0.15, 0.2) is 17.6 Å². The average Bonchev–Trinajstić information content (AvgIpc) is 2.96. The number of likely N-dealkylation sites (tertiary alicyclic amines) is 1. The zero-order chi connectivity index (χ0) is 14.3. The summed E-state index contributed by atoms with van der Waals surface area (Å²) in [6.07, 6.45) is 2.15. The lowest BCUT2D eigenvalue weighted by Gasteiger charge is -2.15. The summed E-state index contributed by atoms with van der Waals surface area (Å²) in [5.41, 5.74) is 6.18. The Bertz CT molecular complexity index is 700. The van der Waals surface area contributed by atoms with Crippen LogP contribution >= 0.6 is 22.9 Å². The van der Waals surface area contributed by atoms with Crippen molar-refractivity contribution in [2.45, 2.75) is 13.0 Å². The maximum atomic E-state index is 12.1. The highest BCUT2D eigenvalue weighted by Gasteiger charge is 2.35. The Morgan fingerprint density at radius 3 is 3.10 bits per heavy atom. The van der Waals surface area contributed by atoms with E-state index in [9.17, 15) is 9.59 Å². The van der Waals surface area contributed by atoms with Crippen LogP contribution in [0.5, 0.6) is 0 Å². The lowest BCUT2D eigenvalue weighted by atomic mass is 10.1. The van der Waals surface area contributed by atoms with E-state index >= 15 is 0 Å². The van der Waals surface area contributed by atoms with Crippen LogP contribution in [0, 0.1) is 5.92 Å². The highest BCUT2D eigenvalue weighted by molar-refractivity contribution is 7.17. The van der Waals surface area contributed by atoms with Crippen molar-refractivity contribution < 1.29 is 9.59 Å². The maximum Gasteiger partial charge on any atom is 0.235 e. The fourth-order valence-electron chi connectivity index (χ4n) is 2.48. The third-order valence-electron chi connectivity index (χ3n) is 3.52. The molecule has 2 N–H and O–H groups in total. The fraction of sp³-hybridized carbons (Fsp3) is 0.308. The lowest BCUT2D eigenvalue weighted by molar-refractivity contribution is -0.136. The van der Waals surface area contributed by atoms with Gasteiger partial charge in [0.15, 0.2) is 0 Å². The molecule has 1 saturated heterocycles. The van der Waals surface area contributed by atoms with Crippen molar-refractivity contribution in [3.05, 3.63) is 28.4 Å². The van der Waals surface area contributed by atoms with E-state index in [1.54, 1.807) is 22.4 Å². The van der Waals surface area contributed by atoms with Crippen molar-refractivity contribution in [2.24, 2.45) is 11.7 Å². The van der Waals surface area contributed by atoms with Crippen molar-refractivity contribution in [3.8, 4) is 0 Å². The number of fused-ring (bicyclic) bond motifs is 1. The number of primary amides is 1. The Balaban J connectivity index is 1.88. The van der Waals surface area contributed by atoms with Gasteiger partial charge in [0, 0.05) is 29.4 Å². The summed E-state index contributed by atoms with van der Waals surface area (Å²) in [6, 6.07) is 1.90. The van der Waals surface area contributed by atoms with Gasteiger partial charge in [-0.25, -0.2) is 4.98 Å². The summed E-state index contributed by atoms with van der Waals surface area (Å²) in [6.45, 7) is 0.982. The smallest absolute Gasteiger partial charge is 0.235 e. The Morgan fingerprint density at radius 2 is 2.40 bits per heavy atom. The van der Waals surface area contributed by atoms with Gasteiger partial charge in [-0.05, 0) is 23.4 Å². The highest BCUT2D eigenvalue weighted by atomic mass is 35.5. The SMILES string of the molecule is NC(=O)[C@@H]1CCN(Cc2csc3ccnc(Cl)c23)C1=O. The van der Waals surface area contributed by atoms with Gasteiger partial charge in [-0.2, -0.15) is 0 Å². The number of hydrogen-bond donors (Lipinski definition) is 1. The second-order valence-electron chi connectivity index (χ2n) is 4.74. The first-order chi connectivity index (χ1) is 9.58. The minimum absolute atomic E-state index is 0.197. The summed E-state index contributed by atoms with van der Waals surface area (Å²) >= 11 is 7.69. The average molecular weight is 310 g/mol. The van der Waals surface area contributed by atoms with Crippen LogP contribution in [0.2, 0.25) is 5.15 Å². The molecule has 20 heavy (non-hydrogen) atoms. The normalized spacial score (nSPS) is 18.9. The first kappa shape index (κ1) is 13.3. The molecule has 3 heterocycles. The summed E-state index contributed by atoms with van der Waals surface area (Å²) in [4.78, 5) is 29.0. The molecule has 5 nitrogen and oxygen atoms in total. The van der Waals surface area contributed by atoms with Gasteiger partial charge in [0.05, 0.1) is 0 Å². The number of amides is 2. The Hall–Kier alpha value is -1.66. The van der Waals surface area contributed by atoms with E-state index in [0.29, 0.717) is 24.7 Å². The van der Waals surface area contributed by atoms with Gasteiger partial charge in [0.1, 0.15) is 11.1 Å². The monoisotopic (exact) mass is 309 g/mol. The zero-order valence-electron chi connectivity index (χ0n) is 10.5. The number of halogens is 1. The maximum absolute atomic E-state index is 12.1. The predicted octanol–water partition coefficient (Wildman–Crippen LogP) is 1.78. The molecule has 104 valence electrons. The molecule has 7 heteroatoms. The first-order valence-electron chi connectivity index (χ1n) is 6.16. The third-order valence-corrected chi connectivity index (χ3v) is 4.80. The molecule has 0 bridgehead atoms. The molecule has 3 rings (SSSR count).